The Morgan fingerprint density at radius 3 is 1.55 bits per heavy atom. The SMILES string of the molecule is c1ccc(-c2cc(-c3ccc(-c4cccc5ccccc45)cc3)nc(-c3ccc(-c4ccc(-c5ccc6oc7ccccc7c6c5)cc4)cc3)n2)cc1. The molecule has 0 unspecified atom stereocenters. The maximum absolute atomic E-state index is 6.04. The average molecular weight is 677 g/mol. The van der Waals surface area contributed by atoms with Crippen molar-refractivity contribution < 1.29 is 4.42 Å². The summed E-state index contributed by atoms with van der Waals surface area (Å²) in [6.45, 7) is 0. The third-order valence-electron chi connectivity index (χ3n) is 10.1. The third-order valence-corrected chi connectivity index (χ3v) is 10.1. The number of aromatic nitrogens is 2. The van der Waals surface area contributed by atoms with Gasteiger partial charge in [0.1, 0.15) is 11.2 Å². The minimum atomic E-state index is 0.698. The molecule has 0 fully saturated rings. The second-order valence-corrected chi connectivity index (χ2v) is 13.4. The van der Waals surface area contributed by atoms with Gasteiger partial charge in [-0.15, -0.1) is 0 Å². The molecule has 0 radical (unpaired) electrons. The first-order valence-corrected chi connectivity index (χ1v) is 17.9. The fraction of sp³-hybridized carbons (Fsp3) is 0. The number of rotatable bonds is 6. The zero-order valence-corrected chi connectivity index (χ0v) is 28.8. The fourth-order valence-corrected chi connectivity index (χ4v) is 7.35. The van der Waals surface area contributed by atoms with E-state index < -0.39 is 0 Å². The van der Waals surface area contributed by atoms with E-state index in [1.54, 1.807) is 0 Å². The molecule has 0 N–H and O–H groups in total. The largest absolute Gasteiger partial charge is 0.456 e. The van der Waals surface area contributed by atoms with Crippen molar-refractivity contribution in [3.05, 3.63) is 194 Å². The molecule has 3 nitrogen and oxygen atoms in total. The molecular formula is C50H32N2O. The summed E-state index contributed by atoms with van der Waals surface area (Å²) in [5.74, 6) is 0.698. The van der Waals surface area contributed by atoms with Crippen molar-refractivity contribution in [2.75, 3.05) is 0 Å². The minimum Gasteiger partial charge on any atom is -0.456 e. The molecule has 3 heteroatoms. The van der Waals surface area contributed by atoms with E-state index in [0.717, 1.165) is 61.1 Å². The van der Waals surface area contributed by atoms with Crippen LogP contribution in [0.25, 0.3) is 100.0 Å². The number of hydrogen-bond acceptors (Lipinski definition) is 3. The first-order valence-electron chi connectivity index (χ1n) is 17.9. The Morgan fingerprint density at radius 1 is 0.302 bits per heavy atom. The van der Waals surface area contributed by atoms with Crippen LogP contribution in [-0.4, -0.2) is 9.97 Å². The lowest BCUT2D eigenvalue weighted by Crippen LogP contribution is -1.96. The van der Waals surface area contributed by atoms with Crippen molar-refractivity contribution in [2.24, 2.45) is 0 Å². The Labute approximate surface area is 307 Å². The van der Waals surface area contributed by atoms with E-state index in [1.165, 1.54) is 33.0 Å². The zero-order valence-electron chi connectivity index (χ0n) is 28.8. The number of nitrogens with zero attached hydrogens (tertiary/aromatic N) is 2. The molecule has 0 atom stereocenters. The molecule has 0 aliphatic heterocycles. The van der Waals surface area contributed by atoms with Gasteiger partial charge >= 0.3 is 0 Å². The van der Waals surface area contributed by atoms with Crippen LogP contribution in [0.15, 0.2) is 199 Å². The fourth-order valence-electron chi connectivity index (χ4n) is 7.35. The van der Waals surface area contributed by atoms with Crippen LogP contribution in [0.1, 0.15) is 0 Å². The standard InChI is InChI=1S/C50H32N2O/c1-2-10-38(11-3-1)46-32-47(39-25-23-37(24-26-39)43-15-8-12-36-9-4-5-13-42(36)43)52-50(51-46)40-27-21-34(22-28-40)33-17-19-35(20-18-33)41-29-30-49-45(31-41)44-14-6-7-16-48(44)53-49/h1-32H. The third kappa shape index (κ3) is 5.75. The van der Waals surface area contributed by atoms with E-state index in [1.807, 2.05) is 30.3 Å². The van der Waals surface area contributed by atoms with Gasteiger partial charge in [-0.05, 0) is 68.4 Å². The number of furan rings is 1. The summed E-state index contributed by atoms with van der Waals surface area (Å²) in [6, 6.07) is 68.1. The molecule has 248 valence electrons. The molecule has 8 aromatic carbocycles. The van der Waals surface area contributed by atoms with E-state index in [9.17, 15) is 0 Å². The summed E-state index contributed by atoms with van der Waals surface area (Å²) in [5, 5.41) is 4.76. The number of hydrogen-bond donors (Lipinski definition) is 0. The molecule has 0 spiro atoms. The van der Waals surface area contributed by atoms with Gasteiger partial charge in [0, 0.05) is 27.5 Å². The summed E-state index contributed by atoms with van der Waals surface area (Å²) in [6.07, 6.45) is 0. The van der Waals surface area contributed by atoms with Gasteiger partial charge in [-0.2, -0.15) is 0 Å². The number of benzene rings is 8. The van der Waals surface area contributed by atoms with Crippen LogP contribution in [-0.2, 0) is 0 Å². The van der Waals surface area contributed by atoms with Crippen molar-refractivity contribution >= 4 is 32.7 Å². The quantitative estimate of drug-likeness (QED) is 0.176. The van der Waals surface area contributed by atoms with Crippen LogP contribution in [0.5, 0.6) is 0 Å². The predicted molar refractivity (Wildman–Crippen MR) is 219 cm³/mol. The lowest BCUT2D eigenvalue weighted by atomic mass is 9.97. The van der Waals surface area contributed by atoms with Gasteiger partial charge in [-0.3, -0.25) is 0 Å². The van der Waals surface area contributed by atoms with E-state index in [4.69, 9.17) is 14.4 Å². The van der Waals surface area contributed by atoms with Crippen LogP contribution in [0.3, 0.4) is 0 Å². The highest BCUT2D eigenvalue weighted by molar-refractivity contribution is 6.06. The molecule has 0 aliphatic carbocycles. The van der Waals surface area contributed by atoms with Crippen molar-refractivity contribution in [1.29, 1.82) is 0 Å². The predicted octanol–water partition coefficient (Wildman–Crippen LogP) is 13.5. The molecule has 10 aromatic rings. The normalized spacial score (nSPS) is 11.4. The Kier molecular flexibility index (Phi) is 7.47. The van der Waals surface area contributed by atoms with Gasteiger partial charge in [-0.1, -0.05) is 170 Å². The van der Waals surface area contributed by atoms with Crippen LogP contribution < -0.4 is 0 Å². The van der Waals surface area contributed by atoms with Gasteiger partial charge < -0.3 is 4.42 Å². The Hall–Kier alpha value is -7.10. The Bertz CT molecular complexity index is 2900. The number of para-hydroxylation sites is 1. The van der Waals surface area contributed by atoms with Gasteiger partial charge in [0.15, 0.2) is 5.82 Å². The molecule has 53 heavy (non-hydrogen) atoms. The van der Waals surface area contributed by atoms with Crippen molar-refractivity contribution in [3.8, 4) is 67.3 Å². The van der Waals surface area contributed by atoms with Gasteiger partial charge in [-0.25, -0.2) is 9.97 Å². The molecule has 0 saturated carbocycles. The maximum atomic E-state index is 6.04. The van der Waals surface area contributed by atoms with Crippen LogP contribution in [0.4, 0.5) is 0 Å². The molecular weight excluding hydrogens is 645 g/mol. The summed E-state index contributed by atoms with van der Waals surface area (Å²) < 4.78 is 6.04. The summed E-state index contributed by atoms with van der Waals surface area (Å²) in [5.41, 5.74) is 13.7. The van der Waals surface area contributed by atoms with Gasteiger partial charge in [0.2, 0.25) is 0 Å². The minimum absolute atomic E-state index is 0.698. The van der Waals surface area contributed by atoms with Gasteiger partial charge in [0.25, 0.3) is 0 Å². The monoisotopic (exact) mass is 676 g/mol. The number of fused-ring (bicyclic) bond motifs is 4. The van der Waals surface area contributed by atoms with Crippen molar-refractivity contribution in [2.45, 2.75) is 0 Å². The molecule has 0 bridgehead atoms. The molecule has 10 rings (SSSR count). The smallest absolute Gasteiger partial charge is 0.160 e. The highest BCUT2D eigenvalue weighted by Gasteiger charge is 2.13. The summed E-state index contributed by atoms with van der Waals surface area (Å²) in [4.78, 5) is 10.2. The zero-order chi connectivity index (χ0) is 35.1. The van der Waals surface area contributed by atoms with E-state index >= 15 is 0 Å². The summed E-state index contributed by atoms with van der Waals surface area (Å²) >= 11 is 0. The van der Waals surface area contributed by atoms with Crippen LogP contribution >= 0.6 is 0 Å². The maximum Gasteiger partial charge on any atom is 0.160 e. The molecule has 0 saturated heterocycles. The molecule has 0 aliphatic rings. The van der Waals surface area contributed by atoms with E-state index in [0.29, 0.717) is 5.82 Å². The van der Waals surface area contributed by atoms with E-state index in [-0.39, 0.29) is 0 Å². The Balaban J connectivity index is 0.959. The van der Waals surface area contributed by atoms with Crippen LogP contribution in [0.2, 0.25) is 0 Å². The average Bonchev–Trinajstić information content (AvgIpc) is 3.62. The highest BCUT2D eigenvalue weighted by atomic mass is 16.3. The van der Waals surface area contributed by atoms with Crippen molar-refractivity contribution in [3.63, 3.8) is 0 Å². The van der Waals surface area contributed by atoms with E-state index in [2.05, 4.69) is 164 Å². The lowest BCUT2D eigenvalue weighted by molar-refractivity contribution is 0.669. The first-order chi connectivity index (χ1) is 26.2. The topological polar surface area (TPSA) is 38.9 Å². The molecule has 2 heterocycles. The van der Waals surface area contributed by atoms with Gasteiger partial charge in [0.05, 0.1) is 11.4 Å². The first kappa shape index (κ1) is 30.7. The molecule has 0 amide bonds. The second kappa shape index (κ2) is 12.9. The molecule has 2 aromatic heterocycles. The Morgan fingerprint density at radius 2 is 0.811 bits per heavy atom. The van der Waals surface area contributed by atoms with Crippen molar-refractivity contribution in [1.82, 2.24) is 9.97 Å². The highest BCUT2D eigenvalue weighted by Crippen LogP contribution is 2.35. The second-order valence-electron chi connectivity index (χ2n) is 13.4. The lowest BCUT2D eigenvalue weighted by Gasteiger charge is -2.11. The summed E-state index contributed by atoms with van der Waals surface area (Å²) in [7, 11) is 0. The van der Waals surface area contributed by atoms with Crippen LogP contribution in [0, 0.1) is 0 Å².